The molecule has 0 saturated carbocycles. The zero-order chi connectivity index (χ0) is 18.6. The number of nitrogens with two attached hydrogens (primary N) is 1. The first-order valence-corrected chi connectivity index (χ1v) is 8.70. The van der Waals surface area contributed by atoms with Gasteiger partial charge in [0, 0.05) is 19.3 Å². The SMILES string of the molecule is CN(C(=O)C(=O)NCc1ccc(S(N)(=O)=O)cc1)c1ccc(O)cc1. The minimum Gasteiger partial charge on any atom is -0.508 e. The highest BCUT2D eigenvalue weighted by Crippen LogP contribution is 2.17. The van der Waals surface area contributed by atoms with E-state index in [4.69, 9.17) is 5.14 Å². The summed E-state index contributed by atoms with van der Waals surface area (Å²) >= 11 is 0. The summed E-state index contributed by atoms with van der Waals surface area (Å²) in [5, 5.41) is 16.7. The Morgan fingerprint density at radius 2 is 1.64 bits per heavy atom. The average molecular weight is 363 g/mol. The second-order valence-corrected chi connectivity index (χ2v) is 6.81. The van der Waals surface area contributed by atoms with E-state index < -0.39 is 21.8 Å². The lowest BCUT2D eigenvalue weighted by molar-refractivity contribution is -0.137. The number of hydrogen-bond acceptors (Lipinski definition) is 5. The van der Waals surface area contributed by atoms with Gasteiger partial charge < -0.3 is 15.3 Å². The summed E-state index contributed by atoms with van der Waals surface area (Å²) in [6.45, 7) is 0.0545. The van der Waals surface area contributed by atoms with Gasteiger partial charge in [-0.3, -0.25) is 9.59 Å². The van der Waals surface area contributed by atoms with Gasteiger partial charge in [0.15, 0.2) is 0 Å². The van der Waals surface area contributed by atoms with E-state index in [2.05, 4.69) is 5.32 Å². The van der Waals surface area contributed by atoms with Crippen molar-refractivity contribution >= 4 is 27.5 Å². The number of nitrogens with zero attached hydrogens (tertiary/aromatic N) is 1. The van der Waals surface area contributed by atoms with Crippen molar-refractivity contribution in [3.63, 3.8) is 0 Å². The summed E-state index contributed by atoms with van der Waals surface area (Å²) in [7, 11) is -2.34. The van der Waals surface area contributed by atoms with E-state index in [0.29, 0.717) is 11.3 Å². The van der Waals surface area contributed by atoms with Crippen LogP contribution in [0.3, 0.4) is 0 Å². The van der Waals surface area contributed by atoms with Gasteiger partial charge in [-0.2, -0.15) is 0 Å². The fourth-order valence-corrected chi connectivity index (χ4v) is 2.52. The zero-order valence-electron chi connectivity index (χ0n) is 13.3. The maximum Gasteiger partial charge on any atom is 0.316 e. The number of nitrogens with one attached hydrogen (secondary N) is 1. The van der Waals surface area contributed by atoms with Gasteiger partial charge in [0.1, 0.15) is 5.75 Å². The van der Waals surface area contributed by atoms with Crippen LogP contribution < -0.4 is 15.4 Å². The Bertz CT molecular complexity index is 877. The molecule has 0 aromatic heterocycles. The predicted molar refractivity (Wildman–Crippen MR) is 91.2 cm³/mol. The molecule has 2 amide bonds. The Morgan fingerprint density at radius 3 is 2.16 bits per heavy atom. The number of anilines is 1. The first-order chi connectivity index (χ1) is 11.7. The molecule has 2 aromatic carbocycles. The molecule has 0 bridgehead atoms. The highest BCUT2D eigenvalue weighted by atomic mass is 32.2. The molecule has 0 aliphatic rings. The summed E-state index contributed by atoms with van der Waals surface area (Å²) in [5.41, 5.74) is 1.07. The topological polar surface area (TPSA) is 130 Å². The number of carbonyl (C=O) groups is 2. The summed E-state index contributed by atoms with van der Waals surface area (Å²) in [5.74, 6) is -1.53. The normalized spacial score (nSPS) is 11.0. The minimum absolute atomic E-state index is 0.0364. The van der Waals surface area contributed by atoms with Crippen LogP contribution in [0.15, 0.2) is 53.4 Å². The van der Waals surface area contributed by atoms with Gasteiger partial charge in [0.05, 0.1) is 4.90 Å². The van der Waals surface area contributed by atoms with Crippen molar-refractivity contribution in [2.24, 2.45) is 5.14 Å². The maximum absolute atomic E-state index is 12.1. The highest BCUT2D eigenvalue weighted by Gasteiger charge is 2.19. The van der Waals surface area contributed by atoms with E-state index in [1.54, 1.807) is 0 Å². The van der Waals surface area contributed by atoms with Crippen molar-refractivity contribution < 1.29 is 23.1 Å². The molecule has 132 valence electrons. The van der Waals surface area contributed by atoms with Crippen LogP contribution >= 0.6 is 0 Å². The number of likely N-dealkylation sites (N-methyl/N-ethyl adjacent to an activating group) is 1. The second kappa shape index (κ2) is 7.32. The molecular weight excluding hydrogens is 346 g/mol. The molecule has 2 aromatic rings. The van der Waals surface area contributed by atoms with Gasteiger partial charge in [-0.05, 0) is 42.0 Å². The van der Waals surface area contributed by atoms with Crippen LogP contribution in [-0.4, -0.2) is 32.4 Å². The number of amides is 2. The van der Waals surface area contributed by atoms with Crippen molar-refractivity contribution in [3.05, 3.63) is 54.1 Å². The van der Waals surface area contributed by atoms with Gasteiger partial charge in [0.25, 0.3) is 0 Å². The van der Waals surface area contributed by atoms with Crippen LogP contribution in [0.1, 0.15) is 5.56 Å². The monoisotopic (exact) mass is 363 g/mol. The summed E-state index contributed by atoms with van der Waals surface area (Å²) in [6.07, 6.45) is 0. The van der Waals surface area contributed by atoms with E-state index >= 15 is 0 Å². The number of carbonyl (C=O) groups excluding carboxylic acids is 2. The van der Waals surface area contributed by atoms with Crippen molar-refractivity contribution in [2.75, 3.05) is 11.9 Å². The predicted octanol–water partition coefficient (Wildman–Crippen LogP) is 0.319. The van der Waals surface area contributed by atoms with Crippen LogP contribution in [0.5, 0.6) is 5.75 Å². The largest absolute Gasteiger partial charge is 0.508 e. The smallest absolute Gasteiger partial charge is 0.316 e. The Kier molecular flexibility index (Phi) is 5.40. The third kappa shape index (κ3) is 4.78. The van der Waals surface area contributed by atoms with E-state index in [-0.39, 0.29) is 17.2 Å². The quantitative estimate of drug-likeness (QED) is 0.674. The lowest BCUT2D eigenvalue weighted by atomic mass is 10.2. The molecule has 0 aliphatic heterocycles. The van der Waals surface area contributed by atoms with E-state index in [9.17, 15) is 23.1 Å². The van der Waals surface area contributed by atoms with Crippen LogP contribution in [0.2, 0.25) is 0 Å². The molecule has 0 heterocycles. The van der Waals surface area contributed by atoms with Gasteiger partial charge in [-0.25, -0.2) is 13.6 Å². The van der Waals surface area contributed by atoms with Crippen LogP contribution in [0.4, 0.5) is 5.69 Å². The number of aromatic hydroxyl groups is 1. The lowest BCUT2D eigenvalue weighted by Gasteiger charge is -2.16. The first kappa shape index (κ1) is 18.4. The molecule has 0 radical (unpaired) electrons. The van der Waals surface area contributed by atoms with Crippen molar-refractivity contribution in [2.45, 2.75) is 11.4 Å². The van der Waals surface area contributed by atoms with Crippen molar-refractivity contribution in [1.29, 1.82) is 0 Å². The van der Waals surface area contributed by atoms with Gasteiger partial charge in [0.2, 0.25) is 10.0 Å². The number of hydrogen-bond donors (Lipinski definition) is 3. The first-order valence-electron chi connectivity index (χ1n) is 7.15. The van der Waals surface area contributed by atoms with Crippen molar-refractivity contribution in [3.8, 4) is 5.75 Å². The number of phenols is 1. The van der Waals surface area contributed by atoms with Gasteiger partial charge in [-0.15, -0.1) is 0 Å². The molecule has 0 fully saturated rings. The molecular formula is C16H17N3O5S. The van der Waals surface area contributed by atoms with Crippen molar-refractivity contribution in [1.82, 2.24) is 5.32 Å². The molecule has 0 atom stereocenters. The molecule has 8 nitrogen and oxygen atoms in total. The van der Waals surface area contributed by atoms with E-state index in [1.807, 2.05) is 0 Å². The Balaban J connectivity index is 1.97. The second-order valence-electron chi connectivity index (χ2n) is 5.25. The molecule has 2 rings (SSSR count). The lowest BCUT2D eigenvalue weighted by Crippen LogP contribution is -2.40. The molecule has 0 saturated heterocycles. The van der Waals surface area contributed by atoms with Gasteiger partial charge >= 0.3 is 11.8 Å². The number of primary sulfonamides is 1. The Hall–Kier alpha value is -2.91. The number of rotatable bonds is 4. The Morgan fingerprint density at radius 1 is 1.08 bits per heavy atom. The third-order valence-electron chi connectivity index (χ3n) is 3.44. The molecule has 0 spiro atoms. The summed E-state index contributed by atoms with van der Waals surface area (Å²) < 4.78 is 22.3. The zero-order valence-corrected chi connectivity index (χ0v) is 14.2. The third-order valence-corrected chi connectivity index (χ3v) is 4.37. The fourth-order valence-electron chi connectivity index (χ4n) is 2.00. The van der Waals surface area contributed by atoms with Crippen LogP contribution in [0, 0.1) is 0 Å². The van der Waals surface area contributed by atoms with E-state index in [1.165, 1.54) is 55.6 Å². The fraction of sp³-hybridized carbons (Fsp3) is 0.125. The standard InChI is InChI=1S/C16H17N3O5S/c1-19(12-4-6-13(20)7-5-12)16(22)15(21)18-10-11-2-8-14(9-3-11)25(17,23)24/h2-9,20H,10H2,1H3,(H,18,21)(H2,17,23,24). The molecule has 4 N–H and O–H groups in total. The molecule has 0 aliphatic carbocycles. The Labute approximate surface area is 144 Å². The molecule has 0 unspecified atom stereocenters. The van der Waals surface area contributed by atoms with Crippen LogP contribution in [0.25, 0.3) is 0 Å². The summed E-state index contributed by atoms with van der Waals surface area (Å²) in [4.78, 5) is 25.2. The number of benzene rings is 2. The highest BCUT2D eigenvalue weighted by molar-refractivity contribution is 7.89. The van der Waals surface area contributed by atoms with E-state index in [0.717, 1.165) is 4.90 Å². The molecule has 25 heavy (non-hydrogen) atoms. The summed E-state index contributed by atoms with van der Waals surface area (Å²) in [6, 6.07) is 11.5. The number of phenolic OH excluding ortho intramolecular Hbond substituents is 1. The average Bonchev–Trinajstić information content (AvgIpc) is 2.58. The molecule has 9 heteroatoms. The van der Waals surface area contributed by atoms with Crippen LogP contribution in [-0.2, 0) is 26.2 Å². The maximum atomic E-state index is 12.1. The van der Waals surface area contributed by atoms with Gasteiger partial charge in [-0.1, -0.05) is 12.1 Å². The minimum atomic E-state index is -3.78. The number of sulfonamides is 1.